The van der Waals surface area contributed by atoms with Crippen molar-refractivity contribution in [3.05, 3.63) is 50.0 Å². The van der Waals surface area contributed by atoms with Crippen LogP contribution in [0.5, 0.6) is 0 Å². The van der Waals surface area contributed by atoms with E-state index < -0.39 is 0 Å². The van der Waals surface area contributed by atoms with Crippen LogP contribution in [-0.2, 0) is 11.3 Å². The topological polar surface area (TPSA) is 70.1 Å². The molecule has 2 heterocycles. The number of anilines is 1. The first-order chi connectivity index (χ1) is 13.9. The van der Waals surface area contributed by atoms with Gasteiger partial charge in [0.2, 0.25) is 5.91 Å². The third-order valence-electron chi connectivity index (χ3n) is 4.84. The molecule has 1 amide bonds. The number of H-pyrrole nitrogens is 1. The van der Waals surface area contributed by atoms with Crippen molar-refractivity contribution in [2.75, 3.05) is 24.5 Å². The van der Waals surface area contributed by atoms with Gasteiger partial charge in [-0.1, -0.05) is 43.5 Å². The molecular weight excluding hydrogens is 411 g/mol. The van der Waals surface area contributed by atoms with Crippen molar-refractivity contribution in [3.63, 3.8) is 0 Å². The van der Waals surface area contributed by atoms with Gasteiger partial charge in [0, 0.05) is 29.7 Å². The van der Waals surface area contributed by atoms with Crippen molar-refractivity contribution >= 4 is 46.6 Å². The molecule has 8 heteroatoms. The minimum absolute atomic E-state index is 0.000756. The summed E-state index contributed by atoms with van der Waals surface area (Å²) in [6.45, 7) is 6.13. The average molecular weight is 437 g/mol. The second-order valence-electron chi connectivity index (χ2n) is 7.21. The lowest BCUT2D eigenvalue weighted by molar-refractivity contribution is -0.121. The van der Waals surface area contributed by atoms with E-state index in [1.165, 1.54) is 4.57 Å². The lowest BCUT2D eigenvalue weighted by Gasteiger charge is -2.30. The van der Waals surface area contributed by atoms with Crippen molar-refractivity contribution in [2.24, 2.45) is 0 Å². The Bertz CT molecular complexity index is 957. The molecule has 0 spiro atoms. The third kappa shape index (κ3) is 5.06. The molecule has 2 N–H and O–H groups in total. The van der Waals surface area contributed by atoms with E-state index in [1.54, 1.807) is 6.07 Å². The molecule has 0 bridgehead atoms. The van der Waals surface area contributed by atoms with Crippen LogP contribution >= 0.6 is 23.2 Å². The molecule has 156 valence electrons. The molecule has 1 aromatic carbocycles. The summed E-state index contributed by atoms with van der Waals surface area (Å²) in [5, 5.41) is 4.01. The molecule has 0 unspecified atom stereocenters. The molecule has 0 aliphatic carbocycles. The number of aromatic amines is 1. The largest absolute Gasteiger partial charge is 0.355 e. The zero-order valence-corrected chi connectivity index (χ0v) is 18.2. The highest BCUT2D eigenvalue weighted by atomic mass is 35.5. The SMILES string of the molecule is CCCCNC(=O)Cn1c2c([nH]c1=O)C=C(c1cc(Cl)cc(Cl)c1)CN2CCC. The van der Waals surface area contributed by atoms with Crippen molar-refractivity contribution in [1.29, 1.82) is 0 Å². The minimum Gasteiger partial charge on any atom is -0.355 e. The van der Waals surface area contributed by atoms with Crippen molar-refractivity contribution < 1.29 is 4.79 Å². The molecule has 29 heavy (non-hydrogen) atoms. The summed E-state index contributed by atoms with van der Waals surface area (Å²) in [5.41, 5.74) is 2.34. The highest BCUT2D eigenvalue weighted by molar-refractivity contribution is 6.35. The summed E-state index contributed by atoms with van der Waals surface area (Å²) in [7, 11) is 0. The molecule has 3 rings (SSSR count). The highest BCUT2D eigenvalue weighted by Crippen LogP contribution is 2.33. The van der Waals surface area contributed by atoms with Gasteiger partial charge < -0.3 is 15.2 Å². The highest BCUT2D eigenvalue weighted by Gasteiger charge is 2.26. The number of hydrogen-bond donors (Lipinski definition) is 2. The van der Waals surface area contributed by atoms with Gasteiger partial charge in [-0.3, -0.25) is 9.36 Å². The molecule has 6 nitrogen and oxygen atoms in total. The number of nitrogens with one attached hydrogen (secondary N) is 2. The Balaban J connectivity index is 1.96. The average Bonchev–Trinajstić information content (AvgIpc) is 2.97. The van der Waals surface area contributed by atoms with E-state index in [9.17, 15) is 9.59 Å². The third-order valence-corrected chi connectivity index (χ3v) is 5.28. The molecule has 0 fully saturated rings. The Morgan fingerprint density at radius 1 is 1.17 bits per heavy atom. The Kier molecular flexibility index (Phi) is 7.09. The van der Waals surface area contributed by atoms with Crippen LogP contribution in [0.4, 0.5) is 5.82 Å². The maximum absolute atomic E-state index is 12.6. The Labute approximate surface area is 180 Å². The molecule has 2 aromatic rings. The number of hydrogen-bond acceptors (Lipinski definition) is 3. The van der Waals surface area contributed by atoms with Gasteiger partial charge in [0.05, 0.1) is 5.69 Å². The standard InChI is InChI=1S/C21H26Cl2N4O2/c1-3-5-6-24-19(28)13-27-20-18(25-21(27)29)10-15(12-26(20)7-4-2)14-8-16(22)11-17(23)9-14/h8-11H,3-7,12-13H2,1-2H3,(H,24,28)(H,25,29). The van der Waals surface area contributed by atoms with Gasteiger partial charge in [0.25, 0.3) is 0 Å². The van der Waals surface area contributed by atoms with Crippen LogP contribution in [0.25, 0.3) is 11.6 Å². The van der Waals surface area contributed by atoms with Crippen LogP contribution in [0, 0.1) is 0 Å². The summed E-state index contributed by atoms with van der Waals surface area (Å²) < 4.78 is 1.52. The molecule has 0 radical (unpaired) electrons. The van der Waals surface area contributed by atoms with Gasteiger partial charge >= 0.3 is 5.69 Å². The maximum atomic E-state index is 12.6. The number of unbranched alkanes of at least 4 members (excludes halogenated alkanes) is 1. The van der Waals surface area contributed by atoms with Crippen molar-refractivity contribution in [1.82, 2.24) is 14.9 Å². The fourth-order valence-corrected chi connectivity index (χ4v) is 4.07. The van der Waals surface area contributed by atoms with E-state index in [-0.39, 0.29) is 18.1 Å². The van der Waals surface area contributed by atoms with Gasteiger partial charge in [-0.25, -0.2) is 4.79 Å². The number of amides is 1. The Morgan fingerprint density at radius 2 is 1.90 bits per heavy atom. The number of imidazole rings is 1. The smallest absolute Gasteiger partial charge is 0.328 e. The maximum Gasteiger partial charge on any atom is 0.328 e. The molecule has 1 aromatic heterocycles. The van der Waals surface area contributed by atoms with Gasteiger partial charge in [0.1, 0.15) is 12.4 Å². The Hall–Kier alpha value is -2.18. The first-order valence-electron chi connectivity index (χ1n) is 9.94. The summed E-state index contributed by atoms with van der Waals surface area (Å²) in [6, 6.07) is 5.43. The summed E-state index contributed by atoms with van der Waals surface area (Å²) >= 11 is 12.3. The van der Waals surface area contributed by atoms with Crippen molar-refractivity contribution in [3.8, 4) is 0 Å². The van der Waals surface area contributed by atoms with E-state index in [0.29, 0.717) is 28.8 Å². The van der Waals surface area contributed by atoms with Gasteiger partial charge in [-0.05, 0) is 48.3 Å². The second kappa shape index (κ2) is 9.55. The fourth-order valence-electron chi connectivity index (χ4n) is 3.54. The zero-order chi connectivity index (χ0) is 21.0. The van der Waals surface area contributed by atoms with E-state index in [4.69, 9.17) is 23.2 Å². The zero-order valence-electron chi connectivity index (χ0n) is 16.7. The van der Waals surface area contributed by atoms with Gasteiger partial charge in [-0.2, -0.15) is 0 Å². The first kappa shape index (κ1) is 21.5. The van der Waals surface area contributed by atoms with E-state index in [0.717, 1.165) is 42.8 Å². The van der Waals surface area contributed by atoms with E-state index >= 15 is 0 Å². The normalized spacial score (nSPS) is 13.2. The quantitative estimate of drug-likeness (QED) is 0.609. The van der Waals surface area contributed by atoms with Gasteiger partial charge in [-0.15, -0.1) is 0 Å². The van der Waals surface area contributed by atoms with Crippen LogP contribution in [0.3, 0.4) is 0 Å². The van der Waals surface area contributed by atoms with Crippen LogP contribution in [0.2, 0.25) is 10.0 Å². The molecule has 0 saturated carbocycles. The number of aromatic nitrogens is 2. The number of fused-ring (bicyclic) bond motifs is 1. The molecule has 1 aliphatic heterocycles. The number of benzene rings is 1. The van der Waals surface area contributed by atoms with E-state index in [2.05, 4.69) is 29.0 Å². The molecule has 0 atom stereocenters. The molecule has 0 saturated heterocycles. The second-order valence-corrected chi connectivity index (χ2v) is 8.08. The van der Waals surface area contributed by atoms with E-state index in [1.807, 2.05) is 18.2 Å². The number of nitrogens with zero attached hydrogens (tertiary/aromatic N) is 2. The lowest BCUT2D eigenvalue weighted by Crippen LogP contribution is -2.36. The van der Waals surface area contributed by atoms with Gasteiger partial charge in [0.15, 0.2) is 0 Å². The monoisotopic (exact) mass is 436 g/mol. The summed E-state index contributed by atoms with van der Waals surface area (Å²) in [4.78, 5) is 29.9. The molecular formula is C21H26Cl2N4O2. The van der Waals surface area contributed by atoms with Crippen LogP contribution in [0.1, 0.15) is 44.4 Å². The number of carbonyl (C=O) groups excluding carboxylic acids is 1. The number of halogens is 2. The summed E-state index contributed by atoms with van der Waals surface area (Å²) in [5.74, 6) is 0.592. The predicted octanol–water partition coefficient (Wildman–Crippen LogP) is 4.17. The minimum atomic E-state index is -0.289. The first-order valence-corrected chi connectivity index (χ1v) is 10.7. The van der Waals surface area contributed by atoms with Crippen LogP contribution in [0.15, 0.2) is 23.0 Å². The lowest BCUT2D eigenvalue weighted by atomic mass is 10.0. The van der Waals surface area contributed by atoms with Crippen LogP contribution < -0.4 is 15.9 Å². The number of rotatable bonds is 8. The molecule has 1 aliphatic rings. The predicted molar refractivity (Wildman–Crippen MR) is 120 cm³/mol. The van der Waals surface area contributed by atoms with Crippen molar-refractivity contribution in [2.45, 2.75) is 39.7 Å². The number of carbonyl (C=O) groups is 1. The van der Waals surface area contributed by atoms with Crippen LogP contribution in [-0.4, -0.2) is 35.1 Å². The fraction of sp³-hybridized carbons (Fsp3) is 0.429. The Morgan fingerprint density at radius 3 is 2.55 bits per heavy atom. The summed E-state index contributed by atoms with van der Waals surface area (Å²) in [6.07, 6.45) is 4.77.